The lowest BCUT2D eigenvalue weighted by atomic mass is 10.1. The molecule has 1 unspecified atom stereocenters. The standard InChI is InChI=1S/C7H11N3O4S2/c8-5(15)3-16(13,14)10-4-1-2-6(11)9-7(4)12/h4,10H,1-3H2,(H2,8,15)(H,9,11,12). The smallest absolute Gasteiger partial charge is 0.244 e. The highest BCUT2D eigenvalue weighted by Crippen LogP contribution is 2.05. The van der Waals surface area contributed by atoms with Crippen molar-refractivity contribution in [1.82, 2.24) is 10.0 Å². The minimum absolute atomic E-state index is 0.103. The van der Waals surface area contributed by atoms with Crippen molar-refractivity contribution >= 4 is 39.0 Å². The van der Waals surface area contributed by atoms with Crippen LogP contribution in [0.4, 0.5) is 0 Å². The SMILES string of the molecule is NC(=S)CS(=O)(=O)NC1CCC(=O)NC1=O. The fourth-order valence-electron chi connectivity index (χ4n) is 1.25. The molecule has 1 rings (SSSR count). The van der Waals surface area contributed by atoms with Gasteiger partial charge >= 0.3 is 0 Å². The topological polar surface area (TPSA) is 118 Å². The van der Waals surface area contributed by atoms with E-state index in [4.69, 9.17) is 5.73 Å². The number of piperidine rings is 1. The maximum Gasteiger partial charge on any atom is 0.244 e. The van der Waals surface area contributed by atoms with Crippen molar-refractivity contribution in [2.75, 3.05) is 5.75 Å². The van der Waals surface area contributed by atoms with Gasteiger partial charge in [-0.3, -0.25) is 14.9 Å². The first-order valence-corrected chi connectivity index (χ1v) is 6.48. The quantitative estimate of drug-likeness (QED) is 0.399. The van der Waals surface area contributed by atoms with Crippen molar-refractivity contribution in [3.8, 4) is 0 Å². The molecule has 16 heavy (non-hydrogen) atoms. The Balaban J connectivity index is 2.64. The molecule has 7 nitrogen and oxygen atoms in total. The lowest BCUT2D eigenvalue weighted by molar-refractivity contribution is -0.134. The molecule has 0 bridgehead atoms. The normalized spacial score (nSPS) is 21.6. The Labute approximate surface area is 97.8 Å². The molecule has 1 aliphatic heterocycles. The number of carbonyl (C=O) groups excluding carboxylic acids is 2. The highest BCUT2D eigenvalue weighted by atomic mass is 32.2. The Bertz CT molecular complexity index is 431. The molecular formula is C7H11N3O4S2. The summed E-state index contributed by atoms with van der Waals surface area (Å²) in [6, 6.07) is -0.933. The van der Waals surface area contributed by atoms with E-state index in [1.165, 1.54) is 0 Å². The third-order valence-corrected chi connectivity index (χ3v) is 3.56. The Hall–Kier alpha value is -1.06. The number of hydrogen-bond acceptors (Lipinski definition) is 5. The number of hydrogen-bond donors (Lipinski definition) is 3. The van der Waals surface area contributed by atoms with E-state index in [2.05, 4.69) is 16.9 Å². The van der Waals surface area contributed by atoms with Gasteiger partial charge in [-0.05, 0) is 6.42 Å². The van der Waals surface area contributed by atoms with E-state index >= 15 is 0 Å². The molecule has 0 aromatic rings. The number of thiocarbonyl (C=S) groups is 1. The zero-order valence-electron chi connectivity index (χ0n) is 8.23. The molecule has 90 valence electrons. The highest BCUT2D eigenvalue weighted by Gasteiger charge is 2.30. The second kappa shape index (κ2) is 4.85. The van der Waals surface area contributed by atoms with E-state index in [9.17, 15) is 18.0 Å². The molecule has 1 fully saturated rings. The summed E-state index contributed by atoms with van der Waals surface area (Å²) in [5, 5.41) is 2.04. The Kier molecular flexibility index (Phi) is 3.94. The molecular weight excluding hydrogens is 254 g/mol. The lowest BCUT2D eigenvalue weighted by Crippen LogP contribution is -2.53. The van der Waals surface area contributed by atoms with Gasteiger partial charge < -0.3 is 5.73 Å². The molecule has 4 N–H and O–H groups in total. The van der Waals surface area contributed by atoms with E-state index in [1.807, 2.05) is 5.32 Å². The van der Waals surface area contributed by atoms with Crippen LogP contribution in [0.1, 0.15) is 12.8 Å². The van der Waals surface area contributed by atoms with Gasteiger partial charge in [0.15, 0.2) is 0 Å². The molecule has 0 aromatic carbocycles. The van der Waals surface area contributed by atoms with Crippen LogP contribution in [0.2, 0.25) is 0 Å². The van der Waals surface area contributed by atoms with Crippen LogP contribution in [0.15, 0.2) is 0 Å². The van der Waals surface area contributed by atoms with Crippen LogP contribution in [0.25, 0.3) is 0 Å². The van der Waals surface area contributed by atoms with Crippen molar-refractivity contribution in [3.63, 3.8) is 0 Å². The molecule has 1 saturated heterocycles. The fraction of sp³-hybridized carbons (Fsp3) is 0.571. The van der Waals surface area contributed by atoms with E-state index in [1.54, 1.807) is 0 Å². The Morgan fingerprint density at radius 2 is 2.19 bits per heavy atom. The Morgan fingerprint density at radius 3 is 2.69 bits per heavy atom. The highest BCUT2D eigenvalue weighted by molar-refractivity contribution is 7.92. The summed E-state index contributed by atoms with van der Waals surface area (Å²) in [7, 11) is -3.72. The zero-order valence-corrected chi connectivity index (χ0v) is 9.86. The van der Waals surface area contributed by atoms with Crippen LogP contribution in [0.5, 0.6) is 0 Å². The van der Waals surface area contributed by atoms with Crippen molar-refractivity contribution in [2.24, 2.45) is 5.73 Å². The maximum atomic E-state index is 11.4. The minimum atomic E-state index is -3.72. The van der Waals surface area contributed by atoms with Gasteiger partial charge in [0.2, 0.25) is 21.8 Å². The molecule has 0 aliphatic carbocycles. The van der Waals surface area contributed by atoms with Crippen LogP contribution < -0.4 is 15.8 Å². The van der Waals surface area contributed by atoms with Crippen LogP contribution >= 0.6 is 12.2 Å². The van der Waals surface area contributed by atoms with Crippen LogP contribution in [-0.4, -0.2) is 37.0 Å². The summed E-state index contributed by atoms with van der Waals surface area (Å²) >= 11 is 4.46. The Morgan fingerprint density at radius 1 is 1.56 bits per heavy atom. The number of imide groups is 1. The number of nitrogens with one attached hydrogen (secondary N) is 2. The van der Waals surface area contributed by atoms with Gasteiger partial charge in [-0.1, -0.05) is 12.2 Å². The summed E-state index contributed by atoms with van der Waals surface area (Å²) in [4.78, 5) is 21.9. The maximum absolute atomic E-state index is 11.4. The zero-order chi connectivity index (χ0) is 12.3. The number of carbonyl (C=O) groups is 2. The van der Waals surface area contributed by atoms with Gasteiger partial charge in [-0.2, -0.15) is 0 Å². The molecule has 0 radical (unpaired) electrons. The lowest BCUT2D eigenvalue weighted by Gasteiger charge is -2.21. The van der Waals surface area contributed by atoms with Crippen molar-refractivity contribution in [3.05, 3.63) is 0 Å². The summed E-state index contributed by atoms with van der Waals surface area (Å²) in [5.41, 5.74) is 5.10. The molecule has 1 atom stereocenters. The van der Waals surface area contributed by atoms with Crippen LogP contribution in [0.3, 0.4) is 0 Å². The number of rotatable bonds is 4. The number of sulfonamides is 1. The monoisotopic (exact) mass is 265 g/mol. The molecule has 9 heteroatoms. The minimum Gasteiger partial charge on any atom is -0.392 e. The van der Waals surface area contributed by atoms with Gasteiger partial charge in [-0.15, -0.1) is 0 Å². The van der Waals surface area contributed by atoms with Crippen molar-refractivity contribution in [1.29, 1.82) is 0 Å². The van der Waals surface area contributed by atoms with E-state index in [-0.39, 0.29) is 17.8 Å². The summed E-state index contributed by atoms with van der Waals surface area (Å²) < 4.78 is 24.9. The van der Waals surface area contributed by atoms with Gasteiger partial charge in [0, 0.05) is 6.42 Å². The largest absolute Gasteiger partial charge is 0.392 e. The second-order valence-corrected chi connectivity index (χ2v) is 5.63. The number of nitrogens with two attached hydrogens (primary N) is 1. The van der Waals surface area contributed by atoms with Crippen molar-refractivity contribution in [2.45, 2.75) is 18.9 Å². The van der Waals surface area contributed by atoms with Gasteiger partial charge in [0.05, 0.1) is 4.99 Å². The summed E-state index contributed by atoms with van der Waals surface area (Å²) in [6.45, 7) is 0. The van der Waals surface area contributed by atoms with Gasteiger partial charge in [0.25, 0.3) is 0 Å². The average molecular weight is 265 g/mol. The third-order valence-electron chi connectivity index (χ3n) is 1.89. The molecule has 0 aromatic heterocycles. The molecule has 0 spiro atoms. The molecule has 1 heterocycles. The van der Waals surface area contributed by atoms with Gasteiger partial charge in [-0.25, -0.2) is 13.1 Å². The van der Waals surface area contributed by atoms with E-state index < -0.39 is 33.6 Å². The fourth-order valence-corrected chi connectivity index (χ4v) is 2.83. The third kappa shape index (κ3) is 3.83. The summed E-state index contributed by atoms with van der Waals surface area (Å²) in [5.74, 6) is -1.57. The first kappa shape index (κ1) is 13.0. The van der Waals surface area contributed by atoms with Crippen LogP contribution in [-0.2, 0) is 19.6 Å². The predicted molar refractivity (Wildman–Crippen MR) is 59.9 cm³/mol. The predicted octanol–water partition coefficient (Wildman–Crippen LogP) is -2.00. The van der Waals surface area contributed by atoms with E-state index in [0.29, 0.717) is 0 Å². The molecule has 0 saturated carbocycles. The summed E-state index contributed by atoms with van der Waals surface area (Å²) in [6.07, 6.45) is 0.243. The second-order valence-electron chi connectivity index (χ2n) is 3.35. The van der Waals surface area contributed by atoms with E-state index in [0.717, 1.165) is 0 Å². The number of amides is 2. The molecule has 2 amide bonds. The van der Waals surface area contributed by atoms with Crippen molar-refractivity contribution < 1.29 is 18.0 Å². The molecule has 1 aliphatic rings. The van der Waals surface area contributed by atoms with Crippen LogP contribution in [0, 0.1) is 0 Å². The first-order chi connectivity index (χ1) is 7.30. The average Bonchev–Trinajstić information content (AvgIpc) is 2.07. The van der Waals surface area contributed by atoms with Gasteiger partial charge in [0.1, 0.15) is 11.8 Å². The first-order valence-electron chi connectivity index (χ1n) is 4.42.